The Morgan fingerprint density at radius 2 is 0.938 bits per heavy atom. The van der Waals surface area contributed by atoms with Gasteiger partial charge in [-0.3, -0.25) is 9.59 Å². The highest BCUT2D eigenvalue weighted by atomic mass is 19.4. The van der Waals surface area contributed by atoms with Crippen LogP contribution in [0.4, 0.5) is 13.2 Å². The van der Waals surface area contributed by atoms with Gasteiger partial charge in [-0.05, 0) is 52.6 Å². The average Bonchev–Trinajstić information content (AvgIpc) is 3.53. The summed E-state index contributed by atoms with van der Waals surface area (Å²) in [5.74, 6) is -2.15. The van der Waals surface area contributed by atoms with E-state index >= 15 is 0 Å². The summed E-state index contributed by atoms with van der Waals surface area (Å²) < 4.78 is 93.0. The summed E-state index contributed by atoms with van der Waals surface area (Å²) in [6.07, 6.45) is -5.69. The summed E-state index contributed by atoms with van der Waals surface area (Å²) in [6, 6.07) is 58.6. The van der Waals surface area contributed by atoms with E-state index in [4.69, 9.17) is 37.9 Å². The molecule has 2 amide bonds. The van der Waals surface area contributed by atoms with Crippen molar-refractivity contribution in [2.75, 3.05) is 19.8 Å². The van der Waals surface area contributed by atoms with Gasteiger partial charge in [-0.2, -0.15) is 13.2 Å². The normalized spacial score (nSPS) is 18.5. The van der Waals surface area contributed by atoms with E-state index in [-0.39, 0.29) is 58.5 Å². The Morgan fingerprint density at radius 3 is 1.43 bits per heavy atom. The van der Waals surface area contributed by atoms with Crippen LogP contribution in [0.1, 0.15) is 91.7 Å². The molecule has 12 nitrogen and oxygen atoms in total. The number of hydrogen-bond acceptors (Lipinski definition) is 10. The van der Waals surface area contributed by atoms with Crippen molar-refractivity contribution >= 4 is 11.8 Å². The van der Waals surface area contributed by atoms with E-state index in [0.29, 0.717) is 38.9 Å². The monoisotopic (exact) mass is 1100 g/mol. The summed E-state index contributed by atoms with van der Waals surface area (Å²) >= 11 is 0. The highest BCUT2D eigenvalue weighted by Crippen LogP contribution is 2.33. The molecule has 2 N–H and O–H groups in total. The maximum Gasteiger partial charge on any atom is 0.471 e. The van der Waals surface area contributed by atoms with Gasteiger partial charge in [-0.25, -0.2) is 0 Å². The average molecular weight is 1100 g/mol. The van der Waals surface area contributed by atoms with Crippen molar-refractivity contribution in [2.24, 2.45) is 0 Å². The highest BCUT2D eigenvalue weighted by molar-refractivity contribution is 5.81. The van der Waals surface area contributed by atoms with Crippen LogP contribution in [-0.2, 0) is 87.1 Å². The summed E-state index contributed by atoms with van der Waals surface area (Å²) in [5, 5.41) is 5.23. The molecule has 1 aliphatic rings. The van der Waals surface area contributed by atoms with E-state index < -0.39 is 61.0 Å². The summed E-state index contributed by atoms with van der Waals surface area (Å²) in [5.41, 5.74) is 5.76. The van der Waals surface area contributed by atoms with Crippen LogP contribution in [0.25, 0.3) is 0 Å². The number of hydrogen-bond donors (Lipinski definition) is 2. The van der Waals surface area contributed by atoms with Crippen molar-refractivity contribution in [1.82, 2.24) is 10.6 Å². The number of halogens is 3. The second-order valence-corrected chi connectivity index (χ2v) is 20.0. The summed E-state index contributed by atoms with van der Waals surface area (Å²) in [7, 11) is 0. The second-order valence-electron chi connectivity index (χ2n) is 20.0. The first-order valence-electron chi connectivity index (χ1n) is 27.9. The largest absolute Gasteiger partial charge is 0.471 e. The van der Waals surface area contributed by atoms with Crippen molar-refractivity contribution in [2.45, 2.75) is 153 Å². The van der Waals surface area contributed by atoms with E-state index in [2.05, 4.69) is 5.32 Å². The Hall–Kier alpha value is -6.27. The Bertz CT molecular complexity index is 2610. The molecule has 0 saturated carbocycles. The molecule has 6 aromatic rings. The molecule has 1 aliphatic heterocycles. The minimum absolute atomic E-state index is 0.0516. The van der Waals surface area contributed by atoms with Gasteiger partial charge in [0, 0.05) is 13.0 Å². The van der Waals surface area contributed by atoms with Crippen LogP contribution in [0.15, 0.2) is 182 Å². The molecule has 80 heavy (non-hydrogen) atoms. The lowest BCUT2D eigenvalue weighted by Gasteiger charge is -2.46. The number of unbranched alkanes of at least 4 members (excludes halogenated alkanes) is 5. The number of nitrogens with one attached hydrogen (secondary N) is 2. The smallest absolute Gasteiger partial charge is 0.374 e. The van der Waals surface area contributed by atoms with E-state index in [9.17, 15) is 22.8 Å². The van der Waals surface area contributed by atoms with Crippen LogP contribution < -0.4 is 10.6 Å². The molecule has 1 fully saturated rings. The van der Waals surface area contributed by atoms with Gasteiger partial charge in [0.25, 0.3) is 0 Å². The van der Waals surface area contributed by atoms with Gasteiger partial charge in [-0.1, -0.05) is 215 Å². The van der Waals surface area contributed by atoms with E-state index in [1.54, 1.807) is 0 Å². The maximum atomic E-state index is 14.3. The lowest BCUT2D eigenvalue weighted by atomic mass is 9.97. The van der Waals surface area contributed by atoms with Crippen LogP contribution >= 0.6 is 0 Å². The van der Waals surface area contributed by atoms with E-state index in [1.807, 2.05) is 194 Å². The lowest BCUT2D eigenvalue weighted by molar-refractivity contribution is -0.330. The van der Waals surface area contributed by atoms with Gasteiger partial charge in [0.15, 0.2) is 6.29 Å². The first kappa shape index (κ1) is 61.4. The molecule has 0 aliphatic carbocycles. The topological polar surface area (TPSA) is 132 Å². The highest BCUT2D eigenvalue weighted by Gasteiger charge is 2.50. The van der Waals surface area contributed by atoms with Crippen LogP contribution in [0, 0.1) is 0 Å². The predicted molar refractivity (Wildman–Crippen MR) is 299 cm³/mol. The van der Waals surface area contributed by atoms with Crippen LogP contribution in [0.2, 0.25) is 0 Å². The molecule has 0 radical (unpaired) electrons. The predicted octanol–water partition coefficient (Wildman–Crippen LogP) is 12.2. The van der Waals surface area contributed by atoms with Gasteiger partial charge in [-0.15, -0.1) is 0 Å². The van der Waals surface area contributed by atoms with Crippen LogP contribution in [0.3, 0.4) is 0 Å². The second kappa shape index (κ2) is 34.1. The fourth-order valence-electron chi connectivity index (χ4n) is 9.47. The zero-order valence-corrected chi connectivity index (χ0v) is 45.7. The van der Waals surface area contributed by atoms with E-state index in [0.717, 1.165) is 52.6 Å². The van der Waals surface area contributed by atoms with Gasteiger partial charge < -0.3 is 48.5 Å². The molecule has 15 heteroatoms. The number of amides is 2. The fourth-order valence-corrected chi connectivity index (χ4v) is 9.47. The third kappa shape index (κ3) is 21.3. The molecule has 6 aromatic carbocycles. The SMILES string of the molecule is CC[C@@H](OCc1ccccc1)[C@@H](OCc1ccccc1)[C@H](CO[C@H]1OC(COCc2ccccc2)[C@H](OCc2ccccc2)[C@H](OCc2ccccc2)C1OCc1ccccc1)NC(=O)CCCCCCCCNC(=O)C(F)(F)F. The molecule has 8 atom stereocenters. The molecule has 0 spiro atoms. The van der Waals surface area contributed by atoms with Gasteiger partial charge in [0.05, 0.1) is 65.0 Å². The zero-order chi connectivity index (χ0) is 56.0. The first-order chi connectivity index (χ1) is 39.1. The van der Waals surface area contributed by atoms with Crippen LogP contribution in [-0.4, -0.2) is 86.7 Å². The molecule has 7 rings (SSSR count). The molecule has 0 bridgehead atoms. The number of rotatable bonds is 35. The van der Waals surface area contributed by atoms with Crippen molar-refractivity contribution in [3.8, 4) is 0 Å². The van der Waals surface area contributed by atoms with Crippen molar-refractivity contribution in [1.29, 1.82) is 0 Å². The maximum absolute atomic E-state index is 14.3. The van der Waals surface area contributed by atoms with E-state index in [1.165, 1.54) is 0 Å². The van der Waals surface area contributed by atoms with Gasteiger partial charge >= 0.3 is 12.1 Å². The summed E-state index contributed by atoms with van der Waals surface area (Å²) in [4.78, 5) is 25.5. The van der Waals surface area contributed by atoms with Crippen LogP contribution in [0.5, 0.6) is 0 Å². The molecular weight excluding hydrogens is 1030 g/mol. The zero-order valence-electron chi connectivity index (χ0n) is 45.7. The molecule has 1 heterocycles. The number of benzene rings is 6. The lowest BCUT2D eigenvalue weighted by Crippen LogP contribution is -2.62. The van der Waals surface area contributed by atoms with Gasteiger partial charge in [0.1, 0.15) is 30.5 Å². The number of alkyl halides is 3. The summed E-state index contributed by atoms with van der Waals surface area (Å²) in [6.45, 7) is 3.55. The molecule has 2 unspecified atom stereocenters. The number of ether oxygens (including phenoxy) is 8. The molecule has 428 valence electrons. The number of carbonyl (C=O) groups excluding carboxylic acids is 2. The minimum Gasteiger partial charge on any atom is -0.374 e. The Labute approximate surface area is 469 Å². The third-order valence-electron chi connectivity index (χ3n) is 13.8. The van der Waals surface area contributed by atoms with Crippen molar-refractivity contribution in [3.05, 3.63) is 215 Å². The Balaban J connectivity index is 1.17. The minimum atomic E-state index is -4.90. The van der Waals surface area contributed by atoms with Gasteiger partial charge in [0.2, 0.25) is 5.91 Å². The third-order valence-corrected chi connectivity index (χ3v) is 13.8. The quantitative estimate of drug-likeness (QED) is 0.0371. The molecule has 1 saturated heterocycles. The standard InChI is InChI=1S/C65H77F3N2O10/c1-2-56(74-42-50-29-15-8-16-30-50)59(75-43-51-31-17-9-18-32-51)55(70-58(71)39-25-5-3-4-6-26-40-69-64(72)65(66,67)68)47-79-63-62(78-46-54-37-23-12-24-38-54)61(77-45-53-35-21-11-22-36-53)60(76-44-52-33-19-10-20-34-52)57(80-63)48-73-41-49-27-13-7-14-28-49/h7-24,27-38,55-57,59-63H,2-6,25-26,39-48H2,1H3,(H,69,72)(H,70,71)/t55-,56+,57?,59-,60-,61-,62?,63-/m0/s1. The molecule has 0 aromatic heterocycles. The fraction of sp³-hybridized carbons (Fsp3) is 0.415. The number of carbonyl (C=O) groups is 2. The van der Waals surface area contributed by atoms with Crippen molar-refractivity contribution in [3.63, 3.8) is 0 Å². The Kier molecular flexibility index (Phi) is 26.2. The Morgan fingerprint density at radius 1 is 0.512 bits per heavy atom. The van der Waals surface area contributed by atoms with Crippen molar-refractivity contribution < 1.29 is 60.7 Å². The first-order valence-corrected chi connectivity index (χ1v) is 27.9. The molecular formula is C65H77F3N2O10.